The Bertz CT molecular complexity index is 1260. The van der Waals surface area contributed by atoms with Crippen LogP contribution in [0.4, 0.5) is 5.13 Å². The number of hydrogen-bond acceptors (Lipinski definition) is 7. The highest BCUT2D eigenvalue weighted by atomic mass is 32.2. The molecule has 3 heterocycles. The first-order valence-corrected chi connectivity index (χ1v) is 11.2. The molecule has 3 aromatic heterocycles. The molecule has 4 rings (SSSR count). The Labute approximate surface area is 187 Å². The van der Waals surface area contributed by atoms with Gasteiger partial charge in [-0.2, -0.15) is 10.4 Å². The number of thioether (sulfide) groups is 1. The number of nitriles is 1. The summed E-state index contributed by atoms with van der Waals surface area (Å²) in [5.74, 6) is 1.13. The topological polar surface area (TPSA) is 101 Å². The van der Waals surface area contributed by atoms with E-state index in [4.69, 9.17) is 5.26 Å². The Morgan fingerprint density at radius 3 is 2.55 bits per heavy atom. The van der Waals surface area contributed by atoms with Gasteiger partial charge in [0.25, 0.3) is 5.91 Å². The molecular weight excluding hydrogens is 430 g/mol. The molecule has 0 aliphatic carbocycles. The average Bonchev–Trinajstić information content (AvgIpc) is 3.46. The van der Waals surface area contributed by atoms with Crippen molar-refractivity contribution >= 4 is 34.1 Å². The summed E-state index contributed by atoms with van der Waals surface area (Å²) in [6, 6.07) is 13.5. The maximum Gasteiger partial charge on any atom is 0.262 e. The van der Waals surface area contributed by atoms with Crippen LogP contribution < -0.4 is 5.32 Å². The van der Waals surface area contributed by atoms with Crippen LogP contribution in [0.2, 0.25) is 0 Å². The summed E-state index contributed by atoms with van der Waals surface area (Å²) in [4.78, 5) is 12.9. The van der Waals surface area contributed by atoms with Crippen LogP contribution in [0, 0.1) is 25.2 Å². The van der Waals surface area contributed by atoms with E-state index < -0.39 is 0 Å². The summed E-state index contributed by atoms with van der Waals surface area (Å²) < 4.78 is 4.44. The molecule has 4 aromatic rings. The molecule has 0 bridgehead atoms. The first-order chi connectivity index (χ1) is 15.0. The van der Waals surface area contributed by atoms with E-state index >= 15 is 0 Å². The first kappa shape index (κ1) is 20.8. The van der Waals surface area contributed by atoms with Crippen molar-refractivity contribution in [3.63, 3.8) is 0 Å². The Morgan fingerprint density at radius 2 is 1.87 bits per heavy atom. The van der Waals surface area contributed by atoms with Gasteiger partial charge in [0.15, 0.2) is 4.34 Å². The average molecular weight is 450 g/mol. The van der Waals surface area contributed by atoms with Crippen molar-refractivity contribution in [3.05, 3.63) is 70.7 Å². The number of amides is 1. The molecule has 1 amide bonds. The maximum absolute atomic E-state index is 12.9. The van der Waals surface area contributed by atoms with Crippen molar-refractivity contribution in [2.24, 2.45) is 7.05 Å². The molecule has 31 heavy (non-hydrogen) atoms. The highest BCUT2D eigenvalue weighted by molar-refractivity contribution is 8.00. The van der Waals surface area contributed by atoms with E-state index in [-0.39, 0.29) is 5.91 Å². The fourth-order valence-electron chi connectivity index (χ4n) is 3.16. The van der Waals surface area contributed by atoms with Gasteiger partial charge >= 0.3 is 0 Å². The quantitative estimate of drug-likeness (QED) is 0.351. The van der Waals surface area contributed by atoms with Crippen molar-refractivity contribution < 1.29 is 4.79 Å². The standard InChI is InChI=1S/C21H19N7OS2/c1-13-4-5-14(2)28(13)19-17(11-23-27(19)3)18(29)24-20-25-26-21(31-20)30-12-16-8-6-15(10-22)7-9-16/h4-9,11H,12H2,1-3H3,(H,24,25,29). The van der Waals surface area contributed by atoms with E-state index in [1.165, 1.54) is 23.1 Å². The van der Waals surface area contributed by atoms with Gasteiger partial charge < -0.3 is 4.57 Å². The predicted molar refractivity (Wildman–Crippen MR) is 121 cm³/mol. The van der Waals surface area contributed by atoms with Gasteiger partial charge in [0, 0.05) is 24.2 Å². The van der Waals surface area contributed by atoms with Crippen LogP contribution in [0.25, 0.3) is 5.82 Å². The van der Waals surface area contributed by atoms with Crippen LogP contribution in [0.15, 0.2) is 46.9 Å². The van der Waals surface area contributed by atoms with Gasteiger partial charge in [-0.15, -0.1) is 10.2 Å². The van der Waals surface area contributed by atoms with Crippen LogP contribution in [-0.4, -0.2) is 30.5 Å². The fraction of sp³-hybridized carbons (Fsp3) is 0.190. The van der Waals surface area contributed by atoms with E-state index in [2.05, 4.69) is 26.7 Å². The van der Waals surface area contributed by atoms with Gasteiger partial charge in [0.1, 0.15) is 11.4 Å². The molecular formula is C21H19N7OS2. The molecule has 1 N–H and O–H groups in total. The number of carbonyl (C=O) groups is 1. The Balaban J connectivity index is 1.46. The number of rotatable bonds is 6. The molecule has 10 heteroatoms. The number of hydrogen-bond donors (Lipinski definition) is 1. The molecule has 0 saturated carbocycles. The lowest BCUT2D eigenvalue weighted by Crippen LogP contribution is -2.16. The van der Waals surface area contributed by atoms with Gasteiger partial charge in [-0.1, -0.05) is 35.2 Å². The molecule has 0 aliphatic rings. The largest absolute Gasteiger partial charge is 0.303 e. The van der Waals surface area contributed by atoms with Crippen LogP contribution in [0.1, 0.15) is 32.9 Å². The lowest BCUT2D eigenvalue weighted by atomic mass is 10.2. The zero-order valence-electron chi connectivity index (χ0n) is 17.2. The zero-order valence-corrected chi connectivity index (χ0v) is 18.8. The maximum atomic E-state index is 12.9. The summed E-state index contributed by atoms with van der Waals surface area (Å²) in [6.07, 6.45) is 1.56. The highest BCUT2D eigenvalue weighted by Crippen LogP contribution is 2.29. The van der Waals surface area contributed by atoms with Gasteiger partial charge in [-0.25, -0.2) is 0 Å². The molecule has 1 aromatic carbocycles. The SMILES string of the molecule is Cc1ccc(C)n1-c1c(C(=O)Nc2nnc(SCc3ccc(C#N)cc3)s2)cnn1C. The normalized spacial score (nSPS) is 10.8. The Kier molecular flexibility index (Phi) is 5.88. The molecule has 8 nitrogen and oxygen atoms in total. The van der Waals surface area contributed by atoms with Crippen LogP contribution in [0.5, 0.6) is 0 Å². The molecule has 0 unspecified atom stereocenters. The van der Waals surface area contributed by atoms with Crippen molar-refractivity contribution in [1.82, 2.24) is 24.5 Å². The minimum Gasteiger partial charge on any atom is -0.303 e. The molecule has 0 spiro atoms. The minimum atomic E-state index is -0.282. The second kappa shape index (κ2) is 8.75. The number of aryl methyl sites for hydroxylation is 3. The number of aromatic nitrogens is 5. The van der Waals surface area contributed by atoms with Gasteiger partial charge in [-0.05, 0) is 43.7 Å². The number of anilines is 1. The lowest BCUT2D eigenvalue weighted by molar-refractivity contribution is 0.102. The number of benzene rings is 1. The smallest absolute Gasteiger partial charge is 0.262 e. The van der Waals surface area contributed by atoms with Crippen LogP contribution >= 0.6 is 23.1 Å². The summed E-state index contributed by atoms with van der Waals surface area (Å²) in [5, 5.41) is 24.7. The van der Waals surface area contributed by atoms with E-state index in [1.807, 2.05) is 49.7 Å². The van der Waals surface area contributed by atoms with E-state index in [9.17, 15) is 4.79 Å². The van der Waals surface area contributed by atoms with Gasteiger partial charge in [0.2, 0.25) is 5.13 Å². The molecule has 0 aliphatic heterocycles. The molecule has 0 fully saturated rings. The van der Waals surface area contributed by atoms with Crippen molar-refractivity contribution in [2.75, 3.05) is 5.32 Å². The minimum absolute atomic E-state index is 0.282. The third kappa shape index (κ3) is 4.38. The number of nitrogens with one attached hydrogen (secondary N) is 1. The number of nitrogens with zero attached hydrogens (tertiary/aromatic N) is 6. The van der Waals surface area contributed by atoms with Crippen molar-refractivity contribution in [3.8, 4) is 11.9 Å². The van der Waals surface area contributed by atoms with E-state index in [0.717, 1.165) is 21.3 Å². The molecule has 0 atom stereocenters. The predicted octanol–water partition coefficient (Wildman–Crippen LogP) is 4.10. The molecule has 0 radical (unpaired) electrons. The third-order valence-corrected chi connectivity index (χ3v) is 6.75. The van der Waals surface area contributed by atoms with Gasteiger partial charge in [0.05, 0.1) is 17.8 Å². The second-order valence-electron chi connectivity index (χ2n) is 6.88. The first-order valence-electron chi connectivity index (χ1n) is 9.40. The van der Waals surface area contributed by atoms with Crippen molar-refractivity contribution in [1.29, 1.82) is 5.26 Å². The van der Waals surface area contributed by atoms with E-state index in [0.29, 0.717) is 27.8 Å². The summed E-state index contributed by atoms with van der Waals surface area (Å²) in [7, 11) is 1.81. The Morgan fingerprint density at radius 1 is 1.16 bits per heavy atom. The van der Waals surface area contributed by atoms with Gasteiger partial charge in [-0.3, -0.25) is 14.8 Å². The summed E-state index contributed by atoms with van der Waals surface area (Å²) in [6.45, 7) is 3.98. The van der Waals surface area contributed by atoms with Crippen LogP contribution in [-0.2, 0) is 12.8 Å². The Hall–Kier alpha value is -3.42. The van der Waals surface area contributed by atoms with E-state index in [1.54, 1.807) is 23.0 Å². The summed E-state index contributed by atoms with van der Waals surface area (Å²) >= 11 is 2.85. The lowest BCUT2D eigenvalue weighted by Gasteiger charge is -2.12. The zero-order chi connectivity index (χ0) is 22.0. The summed E-state index contributed by atoms with van der Waals surface area (Å²) in [5.41, 5.74) is 4.23. The molecule has 0 saturated heterocycles. The van der Waals surface area contributed by atoms with Crippen molar-refractivity contribution in [2.45, 2.75) is 23.9 Å². The third-order valence-electron chi connectivity index (χ3n) is 4.71. The highest BCUT2D eigenvalue weighted by Gasteiger charge is 2.21. The second-order valence-corrected chi connectivity index (χ2v) is 9.08. The fourth-order valence-corrected chi connectivity index (χ4v) is 4.87. The van der Waals surface area contributed by atoms with Crippen LogP contribution in [0.3, 0.4) is 0 Å². The number of carbonyl (C=O) groups excluding carboxylic acids is 1. The monoisotopic (exact) mass is 449 g/mol. The molecule has 156 valence electrons.